The molecule has 1 aliphatic heterocycles. The van der Waals surface area contributed by atoms with Gasteiger partial charge in [-0.25, -0.2) is 4.79 Å². The number of hydrogen-bond donors (Lipinski definition) is 2. The van der Waals surface area contributed by atoms with Gasteiger partial charge in [0.1, 0.15) is 0 Å². The Labute approximate surface area is 133 Å². The summed E-state index contributed by atoms with van der Waals surface area (Å²) in [5.41, 5.74) is 2.00. The molecular weight excluding hydrogens is 278 g/mol. The number of amides is 2. The first-order chi connectivity index (χ1) is 10.8. The van der Waals surface area contributed by atoms with E-state index < -0.39 is 0 Å². The van der Waals surface area contributed by atoms with E-state index in [1.807, 2.05) is 18.2 Å². The van der Waals surface area contributed by atoms with Crippen LogP contribution in [-0.4, -0.2) is 39.4 Å². The highest BCUT2D eigenvalue weighted by Gasteiger charge is 2.14. The number of ether oxygens (including phenoxy) is 1. The van der Waals surface area contributed by atoms with Crippen LogP contribution in [0.4, 0.5) is 16.2 Å². The topological polar surface area (TPSA) is 53.6 Å². The molecule has 0 bridgehead atoms. The van der Waals surface area contributed by atoms with Crippen LogP contribution in [0.1, 0.15) is 32.1 Å². The van der Waals surface area contributed by atoms with Crippen LogP contribution >= 0.6 is 0 Å². The van der Waals surface area contributed by atoms with Crippen LogP contribution in [0.5, 0.6) is 0 Å². The number of hydrogen-bond acceptors (Lipinski definition) is 3. The standard InChI is InChI=1S/C17H27N3O2/c1-22-14-8-11-18-17(21)19-15-9-4-5-10-16(15)20-12-6-2-3-7-13-20/h4-5,9-10H,2-3,6-8,11-14H2,1H3,(H2,18,19,21). The van der Waals surface area contributed by atoms with E-state index in [-0.39, 0.29) is 6.03 Å². The van der Waals surface area contributed by atoms with Crippen LogP contribution in [0.3, 0.4) is 0 Å². The fraction of sp³-hybridized carbons (Fsp3) is 0.588. The van der Waals surface area contributed by atoms with Crippen molar-refractivity contribution < 1.29 is 9.53 Å². The molecule has 0 radical (unpaired) electrons. The maximum absolute atomic E-state index is 12.0. The summed E-state index contributed by atoms with van der Waals surface area (Å²) in [6.07, 6.45) is 5.85. The number of carbonyl (C=O) groups excluding carboxylic acids is 1. The maximum atomic E-state index is 12.0. The minimum Gasteiger partial charge on any atom is -0.385 e. The Kier molecular flexibility index (Phi) is 7.03. The Morgan fingerprint density at radius 1 is 1.18 bits per heavy atom. The number of carbonyl (C=O) groups is 1. The number of methoxy groups -OCH3 is 1. The van der Waals surface area contributed by atoms with Gasteiger partial charge in [0.2, 0.25) is 0 Å². The van der Waals surface area contributed by atoms with Gasteiger partial charge in [0.25, 0.3) is 0 Å². The third kappa shape index (κ3) is 5.22. The monoisotopic (exact) mass is 305 g/mol. The van der Waals surface area contributed by atoms with E-state index in [1.165, 1.54) is 25.7 Å². The van der Waals surface area contributed by atoms with Gasteiger partial charge in [0.05, 0.1) is 11.4 Å². The summed E-state index contributed by atoms with van der Waals surface area (Å²) in [6.45, 7) is 3.40. The molecule has 2 N–H and O–H groups in total. The summed E-state index contributed by atoms with van der Waals surface area (Å²) >= 11 is 0. The van der Waals surface area contributed by atoms with E-state index in [9.17, 15) is 4.79 Å². The Morgan fingerprint density at radius 3 is 2.64 bits per heavy atom. The second-order valence-corrected chi connectivity index (χ2v) is 5.65. The van der Waals surface area contributed by atoms with Gasteiger partial charge in [0, 0.05) is 33.4 Å². The van der Waals surface area contributed by atoms with Gasteiger partial charge >= 0.3 is 6.03 Å². The van der Waals surface area contributed by atoms with E-state index in [0.717, 1.165) is 30.9 Å². The Hall–Kier alpha value is -1.75. The first-order valence-electron chi connectivity index (χ1n) is 8.19. The van der Waals surface area contributed by atoms with E-state index in [0.29, 0.717) is 13.2 Å². The highest BCUT2D eigenvalue weighted by atomic mass is 16.5. The van der Waals surface area contributed by atoms with Crippen molar-refractivity contribution in [3.63, 3.8) is 0 Å². The lowest BCUT2D eigenvalue weighted by molar-refractivity contribution is 0.194. The van der Waals surface area contributed by atoms with Gasteiger partial charge in [-0.3, -0.25) is 0 Å². The molecule has 1 aliphatic rings. The first kappa shape index (κ1) is 16.6. The molecule has 1 heterocycles. The van der Waals surface area contributed by atoms with Crippen molar-refractivity contribution in [2.75, 3.05) is 43.6 Å². The van der Waals surface area contributed by atoms with Crippen molar-refractivity contribution in [2.45, 2.75) is 32.1 Å². The van der Waals surface area contributed by atoms with Crippen LogP contribution in [0.15, 0.2) is 24.3 Å². The van der Waals surface area contributed by atoms with Crippen molar-refractivity contribution in [3.05, 3.63) is 24.3 Å². The van der Waals surface area contributed by atoms with Crippen molar-refractivity contribution in [1.29, 1.82) is 0 Å². The number of benzene rings is 1. The predicted octanol–water partition coefficient (Wildman–Crippen LogP) is 3.23. The smallest absolute Gasteiger partial charge is 0.319 e. The molecule has 1 aromatic carbocycles. The molecule has 1 fully saturated rings. The third-order valence-electron chi connectivity index (χ3n) is 3.91. The van der Waals surface area contributed by atoms with Gasteiger partial charge in [-0.2, -0.15) is 0 Å². The minimum absolute atomic E-state index is 0.154. The lowest BCUT2D eigenvalue weighted by Crippen LogP contribution is -2.31. The van der Waals surface area contributed by atoms with E-state index in [1.54, 1.807) is 7.11 Å². The first-order valence-corrected chi connectivity index (χ1v) is 8.19. The molecule has 0 spiro atoms. The van der Waals surface area contributed by atoms with E-state index >= 15 is 0 Å². The average Bonchev–Trinajstić information content (AvgIpc) is 2.81. The Bertz CT molecular complexity index is 457. The molecule has 5 heteroatoms. The summed E-state index contributed by atoms with van der Waals surface area (Å²) in [7, 11) is 1.66. The zero-order chi connectivity index (χ0) is 15.6. The van der Waals surface area contributed by atoms with Crippen LogP contribution in [0.2, 0.25) is 0 Å². The molecule has 1 saturated heterocycles. The van der Waals surface area contributed by atoms with E-state index in [2.05, 4.69) is 21.6 Å². The number of urea groups is 1. The van der Waals surface area contributed by atoms with E-state index in [4.69, 9.17) is 4.74 Å². The predicted molar refractivity (Wildman–Crippen MR) is 90.6 cm³/mol. The fourth-order valence-corrected chi connectivity index (χ4v) is 2.75. The van der Waals surface area contributed by atoms with Crippen molar-refractivity contribution >= 4 is 17.4 Å². The highest BCUT2D eigenvalue weighted by Crippen LogP contribution is 2.27. The quantitative estimate of drug-likeness (QED) is 0.793. The zero-order valence-corrected chi connectivity index (χ0v) is 13.4. The summed E-state index contributed by atoms with van der Waals surface area (Å²) in [4.78, 5) is 14.4. The molecule has 0 unspecified atom stereocenters. The van der Waals surface area contributed by atoms with Gasteiger partial charge in [-0.15, -0.1) is 0 Å². The molecular formula is C17H27N3O2. The molecule has 0 aliphatic carbocycles. The SMILES string of the molecule is COCCCNC(=O)Nc1ccccc1N1CCCCCC1. The largest absolute Gasteiger partial charge is 0.385 e. The van der Waals surface area contributed by atoms with Crippen LogP contribution in [-0.2, 0) is 4.74 Å². The zero-order valence-electron chi connectivity index (χ0n) is 13.4. The van der Waals surface area contributed by atoms with Gasteiger partial charge < -0.3 is 20.3 Å². The van der Waals surface area contributed by atoms with Gasteiger partial charge in [-0.05, 0) is 31.4 Å². The van der Waals surface area contributed by atoms with Crippen molar-refractivity contribution in [2.24, 2.45) is 0 Å². The molecule has 2 amide bonds. The number of rotatable bonds is 6. The minimum atomic E-state index is -0.154. The summed E-state index contributed by atoms with van der Waals surface area (Å²) in [5, 5.41) is 5.83. The van der Waals surface area contributed by atoms with Crippen LogP contribution < -0.4 is 15.5 Å². The van der Waals surface area contributed by atoms with Crippen molar-refractivity contribution in [3.8, 4) is 0 Å². The summed E-state index contributed by atoms with van der Waals surface area (Å²) in [5.74, 6) is 0. The number of anilines is 2. The van der Waals surface area contributed by atoms with Gasteiger partial charge in [0.15, 0.2) is 0 Å². The number of para-hydroxylation sites is 2. The maximum Gasteiger partial charge on any atom is 0.319 e. The molecule has 0 aromatic heterocycles. The third-order valence-corrected chi connectivity index (χ3v) is 3.91. The molecule has 5 nitrogen and oxygen atoms in total. The van der Waals surface area contributed by atoms with Gasteiger partial charge in [-0.1, -0.05) is 25.0 Å². The normalized spacial score (nSPS) is 15.2. The molecule has 0 atom stereocenters. The second kappa shape index (κ2) is 9.30. The lowest BCUT2D eigenvalue weighted by atomic mass is 10.2. The van der Waals surface area contributed by atoms with Crippen molar-refractivity contribution in [1.82, 2.24) is 5.32 Å². The molecule has 0 saturated carbocycles. The highest BCUT2D eigenvalue weighted by molar-refractivity contribution is 5.93. The fourth-order valence-electron chi connectivity index (χ4n) is 2.75. The lowest BCUT2D eigenvalue weighted by Gasteiger charge is -2.25. The number of nitrogens with one attached hydrogen (secondary N) is 2. The summed E-state index contributed by atoms with van der Waals surface area (Å²) < 4.78 is 4.97. The Balaban J connectivity index is 1.94. The molecule has 1 aromatic rings. The van der Waals surface area contributed by atoms with Crippen LogP contribution in [0.25, 0.3) is 0 Å². The summed E-state index contributed by atoms with van der Waals surface area (Å²) in [6, 6.07) is 7.89. The molecule has 22 heavy (non-hydrogen) atoms. The Morgan fingerprint density at radius 2 is 1.91 bits per heavy atom. The molecule has 122 valence electrons. The molecule has 2 rings (SSSR count). The van der Waals surface area contributed by atoms with Crippen LogP contribution in [0, 0.1) is 0 Å². The second-order valence-electron chi connectivity index (χ2n) is 5.65. The average molecular weight is 305 g/mol. The number of nitrogens with zero attached hydrogens (tertiary/aromatic N) is 1.